The van der Waals surface area contributed by atoms with Gasteiger partial charge in [0.2, 0.25) is 0 Å². The van der Waals surface area contributed by atoms with E-state index in [2.05, 4.69) is 20.1 Å². The molecule has 2 heterocycles. The lowest BCUT2D eigenvalue weighted by atomic mass is 10.2. The number of amides is 1. The highest BCUT2D eigenvalue weighted by Gasteiger charge is 2.19. The average molecular weight is 378 g/mol. The summed E-state index contributed by atoms with van der Waals surface area (Å²) in [6.07, 6.45) is 2.09. The van der Waals surface area contributed by atoms with Gasteiger partial charge < -0.3 is 15.8 Å². The zero-order chi connectivity index (χ0) is 18.7. The first-order valence-corrected chi connectivity index (χ1v) is 8.76. The Morgan fingerprint density at radius 1 is 1.31 bits per heavy atom. The zero-order valence-electron chi connectivity index (χ0n) is 13.8. The summed E-state index contributed by atoms with van der Waals surface area (Å²) in [5.74, 6) is -1.53. The average Bonchev–Trinajstić information content (AvgIpc) is 3.06. The molecule has 0 saturated heterocycles. The maximum absolute atomic E-state index is 14.6. The molecule has 26 heavy (non-hydrogen) atoms. The fourth-order valence-electron chi connectivity index (χ4n) is 2.28. The number of nitrogens with one attached hydrogen (secondary N) is 2. The van der Waals surface area contributed by atoms with Crippen LogP contribution >= 0.6 is 11.9 Å². The molecule has 4 N–H and O–H groups in total. The van der Waals surface area contributed by atoms with E-state index in [0.29, 0.717) is 5.52 Å². The molecule has 1 aromatic carbocycles. The lowest BCUT2D eigenvalue weighted by molar-refractivity contribution is 0.101. The smallest absolute Gasteiger partial charge is 0.274 e. The molecule has 3 rings (SSSR count). The lowest BCUT2D eigenvalue weighted by Gasteiger charge is -2.12. The summed E-state index contributed by atoms with van der Waals surface area (Å²) >= 11 is 1.30. The molecule has 0 aliphatic heterocycles. The first-order valence-electron chi connectivity index (χ1n) is 7.78. The van der Waals surface area contributed by atoms with Crippen molar-refractivity contribution in [1.29, 1.82) is 0 Å². The Kier molecular flexibility index (Phi) is 5.21. The van der Waals surface area contributed by atoms with Crippen molar-refractivity contribution in [3.8, 4) is 0 Å². The molecule has 0 saturated carbocycles. The van der Waals surface area contributed by atoms with E-state index in [0.717, 1.165) is 18.2 Å². The van der Waals surface area contributed by atoms with E-state index in [1.807, 2.05) is 6.92 Å². The second-order valence-electron chi connectivity index (χ2n) is 5.35. The summed E-state index contributed by atoms with van der Waals surface area (Å²) in [7, 11) is 0. The van der Waals surface area contributed by atoms with E-state index in [1.54, 1.807) is 6.07 Å². The van der Waals surface area contributed by atoms with Gasteiger partial charge in [-0.25, -0.2) is 18.3 Å². The number of aromatic nitrogens is 3. The number of benzene rings is 1. The molecule has 0 spiro atoms. The van der Waals surface area contributed by atoms with Crippen LogP contribution in [0.4, 0.5) is 26.0 Å². The molecule has 1 amide bonds. The Morgan fingerprint density at radius 3 is 2.88 bits per heavy atom. The summed E-state index contributed by atoms with van der Waals surface area (Å²) in [5.41, 5.74) is 5.77. The summed E-state index contributed by atoms with van der Waals surface area (Å²) in [6.45, 7) is 1.99. The van der Waals surface area contributed by atoms with Crippen molar-refractivity contribution >= 4 is 40.6 Å². The molecular formula is C16H16F2N6OS. The van der Waals surface area contributed by atoms with E-state index in [4.69, 9.17) is 5.73 Å². The van der Waals surface area contributed by atoms with Crippen molar-refractivity contribution in [3.63, 3.8) is 0 Å². The summed E-state index contributed by atoms with van der Waals surface area (Å²) in [4.78, 5) is 16.3. The second kappa shape index (κ2) is 7.56. The summed E-state index contributed by atoms with van der Waals surface area (Å²) in [6, 6.07) is 5.37. The van der Waals surface area contributed by atoms with Crippen molar-refractivity contribution < 1.29 is 13.6 Å². The van der Waals surface area contributed by atoms with Crippen molar-refractivity contribution in [2.75, 3.05) is 21.5 Å². The first-order chi connectivity index (χ1) is 12.5. The number of rotatable bonds is 6. The predicted molar refractivity (Wildman–Crippen MR) is 98.1 cm³/mol. The maximum atomic E-state index is 14.6. The molecule has 0 bridgehead atoms. The quantitative estimate of drug-likeness (QED) is 0.450. The summed E-state index contributed by atoms with van der Waals surface area (Å²) < 4.78 is 32.7. The SMILES string of the molecule is CCCSNc1ccc(F)c(NC(=O)c2ccc3c(N)ncnn23)c1F. The van der Waals surface area contributed by atoms with Crippen LogP contribution in [-0.4, -0.2) is 26.3 Å². The number of fused-ring (bicyclic) bond motifs is 1. The molecule has 10 heteroatoms. The third-order valence-electron chi connectivity index (χ3n) is 3.53. The van der Waals surface area contributed by atoms with Gasteiger partial charge in [0.25, 0.3) is 5.91 Å². The molecule has 0 aliphatic carbocycles. The van der Waals surface area contributed by atoms with E-state index in [1.165, 1.54) is 34.9 Å². The van der Waals surface area contributed by atoms with Gasteiger partial charge in [0.15, 0.2) is 11.6 Å². The minimum Gasteiger partial charge on any atom is -0.382 e. The Bertz CT molecular complexity index is 961. The van der Waals surface area contributed by atoms with E-state index < -0.39 is 23.2 Å². The molecule has 7 nitrogen and oxygen atoms in total. The third kappa shape index (κ3) is 3.40. The van der Waals surface area contributed by atoms with Crippen molar-refractivity contribution in [2.45, 2.75) is 13.3 Å². The topological polar surface area (TPSA) is 97.3 Å². The molecule has 0 fully saturated rings. The molecule has 0 radical (unpaired) electrons. The van der Waals surface area contributed by atoms with Gasteiger partial charge in [0.05, 0.1) is 5.69 Å². The number of hydrogen-bond donors (Lipinski definition) is 3. The van der Waals surface area contributed by atoms with Crippen LogP contribution in [0.1, 0.15) is 23.8 Å². The molecule has 0 unspecified atom stereocenters. The predicted octanol–water partition coefficient (Wildman–Crippen LogP) is 3.31. The van der Waals surface area contributed by atoms with Gasteiger partial charge in [0, 0.05) is 5.75 Å². The second-order valence-corrected chi connectivity index (χ2v) is 6.25. The standard InChI is InChI=1S/C16H16F2N6OS/c1-2-7-26-23-10-4-3-9(17)14(13(10)18)22-16(25)12-6-5-11-15(19)20-8-21-24(11)12/h3-6,8,23H,2,7H2,1H3,(H,22,25)(H2,19,20,21). The minimum atomic E-state index is -0.878. The molecule has 0 atom stereocenters. The van der Waals surface area contributed by atoms with Gasteiger partial charge in [-0.05, 0) is 30.7 Å². The molecule has 0 aliphatic rings. The minimum absolute atomic E-state index is 0.0756. The number of halogens is 2. The number of hydrogen-bond acceptors (Lipinski definition) is 6. The van der Waals surface area contributed by atoms with Crippen LogP contribution in [0.25, 0.3) is 5.52 Å². The molecule has 3 aromatic rings. The van der Waals surface area contributed by atoms with Gasteiger partial charge in [0.1, 0.15) is 29.0 Å². The normalized spacial score (nSPS) is 10.9. The van der Waals surface area contributed by atoms with Gasteiger partial charge >= 0.3 is 0 Å². The van der Waals surface area contributed by atoms with Crippen LogP contribution in [0.3, 0.4) is 0 Å². The highest BCUT2D eigenvalue weighted by atomic mass is 32.2. The Morgan fingerprint density at radius 2 is 2.12 bits per heavy atom. The molecule has 2 aromatic heterocycles. The van der Waals surface area contributed by atoms with Crippen molar-refractivity contribution in [2.24, 2.45) is 0 Å². The largest absolute Gasteiger partial charge is 0.382 e. The number of anilines is 3. The number of nitrogen functional groups attached to an aromatic ring is 1. The Labute approximate surface area is 152 Å². The molecule has 136 valence electrons. The molecular weight excluding hydrogens is 362 g/mol. The first kappa shape index (κ1) is 17.9. The number of carbonyl (C=O) groups is 1. The van der Waals surface area contributed by atoms with Crippen molar-refractivity contribution in [3.05, 3.63) is 47.9 Å². The van der Waals surface area contributed by atoms with Crippen molar-refractivity contribution in [1.82, 2.24) is 14.6 Å². The zero-order valence-corrected chi connectivity index (χ0v) is 14.6. The monoisotopic (exact) mass is 378 g/mol. The third-order valence-corrected chi connectivity index (χ3v) is 4.51. The van der Waals surface area contributed by atoms with Gasteiger partial charge in [-0.15, -0.1) is 0 Å². The maximum Gasteiger partial charge on any atom is 0.274 e. The number of carbonyl (C=O) groups excluding carboxylic acids is 1. The lowest BCUT2D eigenvalue weighted by Crippen LogP contribution is -2.18. The number of nitrogens with zero attached hydrogens (tertiary/aromatic N) is 3. The fraction of sp³-hybridized carbons (Fsp3) is 0.188. The van der Waals surface area contributed by atoms with Crippen LogP contribution in [-0.2, 0) is 0 Å². The van der Waals surface area contributed by atoms with E-state index >= 15 is 0 Å². The van der Waals surface area contributed by atoms with Gasteiger partial charge in [-0.1, -0.05) is 18.9 Å². The van der Waals surface area contributed by atoms with Crippen LogP contribution in [0, 0.1) is 11.6 Å². The van der Waals surface area contributed by atoms with Gasteiger partial charge in [-0.2, -0.15) is 5.10 Å². The Hall–Kier alpha value is -2.88. The highest BCUT2D eigenvalue weighted by molar-refractivity contribution is 8.00. The van der Waals surface area contributed by atoms with Crippen LogP contribution in [0.15, 0.2) is 30.6 Å². The van der Waals surface area contributed by atoms with E-state index in [9.17, 15) is 13.6 Å². The Balaban J connectivity index is 1.89. The number of nitrogens with two attached hydrogens (primary N) is 1. The summed E-state index contributed by atoms with van der Waals surface area (Å²) in [5, 5.41) is 6.20. The van der Waals surface area contributed by atoms with Crippen LogP contribution in [0.5, 0.6) is 0 Å². The van der Waals surface area contributed by atoms with Crippen LogP contribution in [0.2, 0.25) is 0 Å². The fourth-order valence-corrected chi connectivity index (χ4v) is 2.90. The van der Waals surface area contributed by atoms with Gasteiger partial charge in [-0.3, -0.25) is 4.79 Å². The highest BCUT2D eigenvalue weighted by Crippen LogP contribution is 2.28. The van der Waals surface area contributed by atoms with Crippen LogP contribution < -0.4 is 15.8 Å². The van der Waals surface area contributed by atoms with E-state index in [-0.39, 0.29) is 17.2 Å².